The Hall–Kier alpha value is -0.550. The van der Waals surface area contributed by atoms with Crippen LogP contribution in [0.25, 0.3) is 0 Å². The molecule has 0 aromatic rings. The summed E-state index contributed by atoms with van der Waals surface area (Å²) < 4.78 is 0. The minimum absolute atomic E-state index is 0.194. The summed E-state index contributed by atoms with van der Waals surface area (Å²) in [7, 11) is 0. The summed E-state index contributed by atoms with van der Waals surface area (Å²) in [5.41, 5.74) is -0.686. The number of hydrogen-bond acceptors (Lipinski definition) is 2. The van der Waals surface area contributed by atoms with Crippen molar-refractivity contribution in [3.8, 4) is 6.07 Å². The first-order chi connectivity index (χ1) is 6.92. The lowest BCUT2D eigenvalue weighted by Crippen LogP contribution is -2.42. The number of rotatable bonds is 1. The molecule has 15 heavy (non-hydrogen) atoms. The van der Waals surface area contributed by atoms with E-state index >= 15 is 0 Å². The van der Waals surface area contributed by atoms with Gasteiger partial charge in [0.05, 0.1) is 17.6 Å². The van der Waals surface area contributed by atoms with Crippen LogP contribution in [0.15, 0.2) is 0 Å². The first-order valence-corrected chi connectivity index (χ1v) is 6.02. The van der Waals surface area contributed by atoms with Gasteiger partial charge in [0.15, 0.2) is 0 Å². The number of aliphatic hydroxyl groups is 1. The molecule has 0 heterocycles. The van der Waals surface area contributed by atoms with Gasteiger partial charge in [-0.1, -0.05) is 46.5 Å². The maximum atomic E-state index is 10.4. The summed E-state index contributed by atoms with van der Waals surface area (Å²) in [4.78, 5) is 0. The van der Waals surface area contributed by atoms with Crippen molar-refractivity contribution in [2.75, 3.05) is 0 Å². The molecule has 1 aliphatic rings. The molecule has 2 nitrogen and oxygen atoms in total. The minimum atomic E-state index is -0.506. The van der Waals surface area contributed by atoms with E-state index in [0.29, 0.717) is 0 Å². The Bertz CT molecular complexity index is 238. The SMILES string of the molecule is CC(C)(C)C(O)C1(C#N)CCCCCC1. The van der Waals surface area contributed by atoms with Crippen LogP contribution in [0, 0.1) is 22.2 Å². The third kappa shape index (κ3) is 2.72. The van der Waals surface area contributed by atoms with Crippen LogP contribution in [0.4, 0.5) is 0 Å². The van der Waals surface area contributed by atoms with E-state index in [4.69, 9.17) is 0 Å². The van der Waals surface area contributed by atoms with Gasteiger partial charge in [0.25, 0.3) is 0 Å². The van der Waals surface area contributed by atoms with Crippen molar-refractivity contribution >= 4 is 0 Å². The zero-order valence-corrected chi connectivity index (χ0v) is 10.2. The molecule has 1 rings (SSSR count). The Labute approximate surface area is 93.3 Å². The van der Waals surface area contributed by atoms with Crippen molar-refractivity contribution in [2.45, 2.75) is 65.4 Å². The average Bonchev–Trinajstić information content (AvgIpc) is 2.41. The lowest BCUT2D eigenvalue weighted by Gasteiger charge is -2.38. The first kappa shape index (κ1) is 12.5. The standard InChI is InChI=1S/C13H23NO/c1-12(2,3)11(15)13(10-14)8-6-4-5-7-9-13/h11,15H,4-9H2,1-3H3. The molecule has 0 saturated heterocycles. The molecule has 0 radical (unpaired) electrons. The fourth-order valence-electron chi connectivity index (χ4n) is 2.63. The molecule has 1 saturated carbocycles. The van der Waals surface area contributed by atoms with Gasteiger partial charge in [0.2, 0.25) is 0 Å². The monoisotopic (exact) mass is 209 g/mol. The fraction of sp³-hybridized carbons (Fsp3) is 0.923. The van der Waals surface area contributed by atoms with Gasteiger partial charge in [-0.3, -0.25) is 0 Å². The van der Waals surface area contributed by atoms with Crippen LogP contribution in [0.2, 0.25) is 0 Å². The van der Waals surface area contributed by atoms with E-state index in [9.17, 15) is 10.4 Å². The first-order valence-electron chi connectivity index (χ1n) is 6.02. The molecule has 1 fully saturated rings. The highest BCUT2D eigenvalue weighted by Gasteiger charge is 2.44. The van der Waals surface area contributed by atoms with Gasteiger partial charge in [0.1, 0.15) is 0 Å². The van der Waals surface area contributed by atoms with Crippen molar-refractivity contribution in [3.05, 3.63) is 0 Å². The predicted molar refractivity (Wildman–Crippen MR) is 61.2 cm³/mol. The molecule has 86 valence electrons. The second-order valence-corrected chi connectivity index (χ2v) is 5.95. The number of hydrogen-bond donors (Lipinski definition) is 1. The van der Waals surface area contributed by atoms with Crippen molar-refractivity contribution in [2.24, 2.45) is 10.8 Å². The van der Waals surface area contributed by atoms with Crippen LogP contribution in [-0.2, 0) is 0 Å². The highest BCUT2D eigenvalue weighted by Crippen LogP contribution is 2.43. The van der Waals surface area contributed by atoms with Crippen LogP contribution < -0.4 is 0 Å². The molecule has 1 unspecified atom stereocenters. The Morgan fingerprint density at radius 1 is 1.13 bits per heavy atom. The number of aliphatic hydroxyl groups excluding tert-OH is 1. The van der Waals surface area contributed by atoms with Gasteiger partial charge >= 0.3 is 0 Å². The third-order valence-corrected chi connectivity index (χ3v) is 3.56. The van der Waals surface area contributed by atoms with Gasteiger partial charge in [0, 0.05) is 0 Å². The summed E-state index contributed by atoms with van der Waals surface area (Å²) in [6, 6.07) is 2.41. The van der Waals surface area contributed by atoms with Crippen molar-refractivity contribution in [1.29, 1.82) is 5.26 Å². The summed E-state index contributed by atoms with van der Waals surface area (Å²) >= 11 is 0. The largest absolute Gasteiger partial charge is 0.391 e. The van der Waals surface area contributed by atoms with Crippen molar-refractivity contribution < 1.29 is 5.11 Å². The quantitative estimate of drug-likeness (QED) is 0.674. The molecule has 1 atom stereocenters. The molecule has 0 bridgehead atoms. The fourth-order valence-corrected chi connectivity index (χ4v) is 2.63. The van der Waals surface area contributed by atoms with E-state index in [0.717, 1.165) is 25.7 Å². The zero-order chi connectivity index (χ0) is 11.5. The van der Waals surface area contributed by atoms with E-state index < -0.39 is 11.5 Å². The molecule has 0 spiro atoms. The van der Waals surface area contributed by atoms with Gasteiger partial charge in [-0.15, -0.1) is 0 Å². The smallest absolute Gasteiger partial charge is 0.0837 e. The zero-order valence-electron chi connectivity index (χ0n) is 10.2. The average molecular weight is 209 g/mol. The molecule has 1 N–H and O–H groups in total. The molecule has 2 heteroatoms. The number of nitriles is 1. The normalized spacial score (nSPS) is 23.9. The lowest BCUT2D eigenvalue weighted by atomic mass is 9.68. The van der Waals surface area contributed by atoms with Crippen LogP contribution in [0.3, 0.4) is 0 Å². The Morgan fingerprint density at radius 3 is 1.93 bits per heavy atom. The van der Waals surface area contributed by atoms with E-state index in [-0.39, 0.29) is 5.41 Å². The predicted octanol–water partition coefficient (Wildman–Crippen LogP) is 3.26. The highest BCUT2D eigenvalue weighted by molar-refractivity contribution is 5.07. The number of nitrogens with zero attached hydrogens (tertiary/aromatic N) is 1. The molecule has 0 aromatic carbocycles. The van der Waals surface area contributed by atoms with Crippen LogP contribution >= 0.6 is 0 Å². The summed E-state index contributed by atoms with van der Waals surface area (Å²) in [5, 5.41) is 19.8. The van der Waals surface area contributed by atoms with Crippen molar-refractivity contribution in [1.82, 2.24) is 0 Å². The van der Waals surface area contributed by atoms with E-state index in [1.165, 1.54) is 12.8 Å². The highest BCUT2D eigenvalue weighted by atomic mass is 16.3. The summed E-state index contributed by atoms with van der Waals surface area (Å²) in [6.45, 7) is 6.05. The van der Waals surface area contributed by atoms with E-state index in [1.54, 1.807) is 0 Å². The van der Waals surface area contributed by atoms with Gasteiger partial charge in [-0.25, -0.2) is 0 Å². The Morgan fingerprint density at radius 2 is 1.60 bits per heavy atom. The Balaban J connectivity index is 2.88. The molecule has 1 aliphatic carbocycles. The maximum absolute atomic E-state index is 10.4. The Kier molecular flexibility index (Phi) is 3.78. The van der Waals surface area contributed by atoms with E-state index in [2.05, 4.69) is 6.07 Å². The maximum Gasteiger partial charge on any atom is 0.0837 e. The topological polar surface area (TPSA) is 44.0 Å². The third-order valence-electron chi connectivity index (χ3n) is 3.56. The van der Waals surface area contributed by atoms with E-state index in [1.807, 2.05) is 20.8 Å². The molecule has 0 aromatic heterocycles. The lowest BCUT2D eigenvalue weighted by molar-refractivity contribution is -0.0291. The second-order valence-electron chi connectivity index (χ2n) is 5.95. The molecule has 0 amide bonds. The summed E-state index contributed by atoms with van der Waals surface area (Å²) in [5.74, 6) is 0. The van der Waals surface area contributed by atoms with Gasteiger partial charge in [-0.05, 0) is 18.3 Å². The van der Waals surface area contributed by atoms with Crippen molar-refractivity contribution in [3.63, 3.8) is 0 Å². The summed E-state index contributed by atoms with van der Waals surface area (Å²) in [6.07, 6.45) is 5.80. The van der Waals surface area contributed by atoms with Gasteiger partial charge < -0.3 is 5.11 Å². The second kappa shape index (κ2) is 4.53. The molecule has 0 aliphatic heterocycles. The minimum Gasteiger partial charge on any atom is -0.391 e. The molecular formula is C13H23NO. The van der Waals surface area contributed by atoms with Gasteiger partial charge in [-0.2, -0.15) is 5.26 Å². The van der Waals surface area contributed by atoms with Crippen LogP contribution in [0.5, 0.6) is 0 Å². The molecular weight excluding hydrogens is 186 g/mol. The van der Waals surface area contributed by atoms with Crippen LogP contribution in [0.1, 0.15) is 59.3 Å². The van der Waals surface area contributed by atoms with Crippen LogP contribution in [-0.4, -0.2) is 11.2 Å².